The summed E-state index contributed by atoms with van der Waals surface area (Å²) in [6.45, 7) is 5.74. The molecule has 0 bridgehead atoms. The largest absolute Gasteiger partial charge is 0.409 e. The van der Waals surface area contributed by atoms with Gasteiger partial charge < -0.3 is 10.9 Å². The molecule has 2 unspecified atom stereocenters. The predicted molar refractivity (Wildman–Crippen MR) is 60.0 cm³/mol. The lowest BCUT2D eigenvalue weighted by Gasteiger charge is -2.31. The molecule has 0 aliphatic rings. The van der Waals surface area contributed by atoms with E-state index in [0.29, 0.717) is 6.54 Å². The maximum absolute atomic E-state index is 12.7. The third-order valence-electron chi connectivity index (χ3n) is 2.91. The zero-order valence-corrected chi connectivity index (χ0v) is 10.3. The van der Waals surface area contributed by atoms with E-state index in [1.807, 2.05) is 13.8 Å². The van der Waals surface area contributed by atoms with E-state index >= 15 is 0 Å². The molecule has 0 heterocycles. The molecule has 102 valence electrons. The van der Waals surface area contributed by atoms with Gasteiger partial charge in [-0.25, -0.2) is 0 Å². The highest BCUT2D eigenvalue weighted by atomic mass is 19.4. The molecule has 0 aromatic carbocycles. The van der Waals surface area contributed by atoms with Gasteiger partial charge in [0, 0.05) is 12.6 Å². The highest BCUT2D eigenvalue weighted by Crippen LogP contribution is 2.27. The smallest absolute Gasteiger partial charge is 0.400 e. The van der Waals surface area contributed by atoms with Crippen molar-refractivity contribution in [1.82, 2.24) is 4.90 Å². The lowest BCUT2D eigenvalue weighted by molar-refractivity contribution is -0.161. The fourth-order valence-electron chi connectivity index (χ4n) is 1.55. The molecular weight excluding hydrogens is 235 g/mol. The number of oxime groups is 1. The summed E-state index contributed by atoms with van der Waals surface area (Å²) in [7, 11) is 0. The molecule has 17 heavy (non-hydrogen) atoms. The van der Waals surface area contributed by atoms with Crippen LogP contribution >= 0.6 is 0 Å². The van der Waals surface area contributed by atoms with Gasteiger partial charge in [-0.05, 0) is 19.9 Å². The Morgan fingerprint density at radius 1 is 1.41 bits per heavy atom. The van der Waals surface area contributed by atoms with Crippen LogP contribution in [0.1, 0.15) is 27.2 Å². The number of halogens is 3. The molecule has 7 heteroatoms. The summed E-state index contributed by atoms with van der Waals surface area (Å²) in [4.78, 5) is 1.66. The highest BCUT2D eigenvalue weighted by molar-refractivity contribution is 5.83. The second kappa shape index (κ2) is 6.68. The maximum atomic E-state index is 12.7. The van der Waals surface area contributed by atoms with E-state index < -0.39 is 17.9 Å². The van der Waals surface area contributed by atoms with Crippen LogP contribution in [0.4, 0.5) is 13.2 Å². The monoisotopic (exact) mass is 255 g/mol. The van der Waals surface area contributed by atoms with E-state index in [1.54, 1.807) is 11.8 Å². The molecule has 2 atom stereocenters. The van der Waals surface area contributed by atoms with Crippen molar-refractivity contribution < 1.29 is 18.4 Å². The zero-order chi connectivity index (χ0) is 13.6. The minimum atomic E-state index is -4.50. The Labute approximate surface area is 99.3 Å². The molecular formula is C10H20F3N3O. The maximum Gasteiger partial charge on any atom is 0.400 e. The summed E-state index contributed by atoms with van der Waals surface area (Å²) in [5, 5.41) is 10.9. The van der Waals surface area contributed by atoms with Crippen molar-refractivity contribution >= 4 is 5.84 Å². The van der Waals surface area contributed by atoms with Gasteiger partial charge in [-0.15, -0.1) is 0 Å². The van der Waals surface area contributed by atoms with Crippen LogP contribution in [-0.4, -0.2) is 41.3 Å². The molecule has 0 rings (SSSR count). The molecule has 0 spiro atoms. The van der Waals surface area contributed by atoms with Gasteiger partial charge in [0.05, 0.1) is 0 Å². The van der Waals surface area contributed by atoms with Gasteiger partial charge in [0.1, 0.15) is 5.92 Å². The summed E-state index contributed by atoms with van der Waals surface area (Å²) in [5.74, 6) is -2.72. The molecule has 0 saturated carbocycles. The van der Waals surface area contributed by atoms with Crippen molar-refractivity contribution in [2.24, 2.45) is 16.8 Å². The molecule has 0 aliphatic heterocycles. The fraction of sp³-hybridized carbons (Fsp3) is 0.900. The van der Waals surface area contributed by atoms with Gasteiger partial charge in [-0.3, -0.25) is 4.90 Å². The van der Waals surface area contributed by atoms with E-state index in [2.05, 4.69) is 5.16 Å². The summed E-state index contributed by atoms with van der Waals surface area (Å²) >= 11 is 0. The van der Waals surface area contributed by atoms with Crippen LogP contribution in [-0.2, 0) is 0 Å². The van der Waals surface area contributed by atoms with E-state index in [4.69, 9.17) is 10.9 Å². The first-order valence-electron chi connectivity index (χ1n) is 5.56. The Bertz CT molecular complexity index is 256. The molecule has 0 radical (unpaired) electrons. The van der Waals surface area contributed by atoms with E-state index in [-0.39, 0.29) is 12.6 Å². The number of nitrogens with zero attached hydrogens (tertiary/aromatic N) is 2. The van der Waals surface area contributed by atoms with Crippen LogP contribution in [0, 0.1) is 5.92 Å². The van der Waals surface area contributed by atoms with Crippen LogP contribution in [0.2, 0.25) is 0 Å². The van der Waals surface area contributed by atoms with Crippen molar-refractivity contribution in [3.8, 4) is 0 Å². The normalized spacial score (nSPS) is 17.2. The number of hydrogen-bond acceptors (Lipinski definition) is 3. The predicted octanol–water partition coefficient (Wildman–Crippen LogP) is 2.03. The Morgan fingerprint density at radius 2 is 1.94 bits per heavy atom. The van der Waals surface area contributed by atoms with Gasteiger partial charge in [-0.2, -0.15) is 13.2 Å². The number of amidine groups is 1. The topological polar surface area (TPSA) is 61.8 Å². The minimum Gasteiger partial charge on any atom is -0.409 e. The first-order valence-corrected chi connectivity index (χ1v) is 5.56. The number of alkyl halides is 3. The summed E-state index contributed by atoms with van der Waals surface area (Å²) in [5.41, 5.74) is 5.10. The van der Waals surface area contributed by atoms with Gasteiger partial charge in [0.2, 0.25) is 0 Å². The summed E-state index contributed by atoms with van der Waals surface area (Å²) < 4.78 is 38.2. The Morgan fingerprint density at radius 3 is 2.24 bits per heavy atom. The second-order valence-corrected chi connectivity index (χ2v) is 3.96. The summed E-state index contributed by atoms with van der Waals surface area (Å²) in [6.07, 6.45) is -3.76. The van der Waals surface area contributed by atoms with Crippen molar-refractivity contribution in [3.05, 3.63) is 0 Å². The standard InChI is InChI=1S/C10H20F3N3O/c1-4-7(3)16(5-2)6-8(9(14)15-17)10(11,12)13/h7-8,17H,4-6H2,1-3H3,(H2,14,15). The lowest BCUT2D eigenvalue weighted by atomic mass is 10.1. The number of nitrogens with two attached hydrogens (primary N) is 1. The molecule has 0 amide bonds. The van der Waals surface area contributed by atoms with Crippen LogP contribution < -0.4 is 5.73 Å². The van der Waals surface area contributed by atoms with Crippen molar-refractivity contribution in [1.29, 1.82) is 0 Å². The van der Waals surface area contributed by atoms with Crippen LogP contribution in [0.5, 0.6) is 0 Å². The molecule has 0 aliphatic carbocycles. The number of hydrogen-bond donors (Lipinski definition) is 2. The number of rotatable bonds is 6. The Kier molecular flexibility index (Phi) is 6.30. The van der Waals surface area contributed by atoms with E-state index in [9.17, 15) is 13.2 Å². The second-order valence-electron chi connectivity index (χ2n) is 3.96. The highest BCUT2D eigenvalue weighted by Gasteiger charge is 2.43. The molecule has 0 aromatic rings. The van der Waals surface area contributed by atoms with Gasteiger partial charge >= 0.3 is 6.18 Å². The van der Waals surface area contributed by atoms with E-state index in [1.165, 1.54) is 0 Å². The molecule has 4 nitrogen and oxygen atoms in total. The van der Waals surface area contributed by atoms with Gasteiger partial charge in [0.15, 0.2) is 5.84 Å². The third kappa shape index (κ3) is 4.80. The average Bonchev–Trinajstić information content (AvgIpc) is 2.27. The van der Waals surface area contributed by atoms with Gasteiger partial charge in [0.25, 0.3) is 0 Å². The minimum absolute atomic E-state index is 0.0244. The SMILES string of the molecule is CCC(C)N(CC)CC(C(N)=NO)C(F)(F)F. The van der Waals surface area contributed by atoms with Crippen molar-refractivity contribution in [3.63, 3.8) is 0 Å². The quantitative estimate of drug-likeness (QED) is 0.330. The lowest BCUT2D eigenvalue weighted by Crippen LogP contribution is -2.46. The Hall–Kier alpha value is -0.980. The molecule has 3 N–H and O–H groups in total. The van der Waals surface area contributed by atoms with Crippen molar-refractivity contribution in [2.75, 3.05) is 13.1 Å². The third-order valence-corrected chi connectivity index (χ3v) is 2.91. The molecule has 0 fully saturated rings. The zero-order valence-electron chi connectivity index (χ0n) is 10.3. The van der Waals surface area contributed by atoms with Crippen molar-refractivity contribution in [2.45, 2.75) is 39.4 Å². The fourth-order valence-corrected chi connectivity index (χ4v) is 1.55. The molecule has 0 saturated heterocycles. The first kappa shape index (κ1) is 16.0. The Balaban J connectivity index is 4.86. The average molecular weight is 255 g/mol. The van der Waals surface area contributed by atoms with Crippen LogP contribution in [0.3, 0.4) is 0 Å². The van der Waals surface area contributed by atoms with Crippen LogP contribution in [0.15, 0.2) is 5.16 Å². The van der Waals surface area contributed by atoms with E-state index in [0.717, 1.165) is 6.42 Å². The summed E-state index contributed by atoms with van der Waals surface area (Å²) in [6, 6.07) is 0.0244. The van der Waals surface area contributed by atoms with Crippen LogP contribution in [0.25, 0.3) is 0 Å². The molecule has 0 aromatic heterocycles. The van der Waals surface area contributed by atoms with Gasteiger partial charge in [-0.1, -0.05) is 19.0 Å². The first-order chi connectivity index (χ1) is 7.77.